The van der Waals surface area contributed by atoms with Gasteiger partial charge in [-0.3, -0.25) is 14.5 Å². The second kappa shape index (κ2) is 9.23. The highest BCUT2D eigenvalue weighted by Gasteiger charge is 2.27. The molecule has 29 heavy (non-hydrogen) atoms. The van der Waals surface area contributed by atoms with Crippen molar-refractivity contribution in [2.45, 2.75) is 45.7 Å². The monoisotopic (exact) mass is 393 g/mol. The van der Waals surface area contributed by atoms with E-state index in [1.807, 2.05) is 51.1 Å². The van der Waals surface area contributed by atoms with Crippen molar-refractivity contribution < 1.29 is 9.59 Å². The maximum atomic E-state index is 13.0. The number of nitrogens with one attached hydrogen (secondary N) is 2. The van der Waals surface area contributed by atoms with Gasteiger partial charge in [0.1, 0.15) is 0 Å². The van der Waals surface area contributed by atoms with Gasteiger partial charge in [0, 0.05) is 18.6 Å². The van der Waals surface area contributed by atoms with Crippen LogP contribution in [-0.4, -0.2) is 35.3 Å². The Balaban J connectivity index is 1.65. The van der Waals surface area contributed by atoms with Crippen LogP contribution in [0.5, 0.6) is 0 Å². The Kier molecular flexibility index (Phi) is 6.70. The van der Waals surface area contributed by atoms with Crippen LogP contribution in [0, 0.1) is 5.92 Å². The lowest BCUT2D eigenvalue weighted by molar-refractivity contribution is -0.121. The van der Waals surface area contributed by atoms with Gasteiger partial charge >= 0.3 is 0 Å². The van der Waals surface area contributed by atoms with Gasteiger partial charge in [0.2, 0.25) is 5.91 Å². The standard InChI is InChI=1S/C24H31N3O2/c1-24(2,3)26-23(29)20-13-7-8-14-21(20)25-22(28)19-12-9-15-27(17-19)16-18-10-5-4-6-11-18/h4-8,10-11,13-14,19H,9,12,15-17H2,1-3H3,(H,25,28)(H,26,29). The van der Waals surface area contributed by atoms with Crippen molar-refractivity contribution in [3.8, 4) is 0 Å². The molecule has 0 radical (unpaired) electrons. The van der Waals surface area contributed by atoms with Crippen molar-refractivity contribution in [2.24, 2.45) is 5.92 Å². The van der Waals surface area contributed by atoms with Crippen LogP contribution in [-0.2, 0) is 11.3 Å². The SMILES string of the molecule is CC(C)(C)NC(=O)c1ccccc1NC(=O)C1CCCN(Cc2ccccc2)C1. The Hall–Kier alpha value is -2.66. The van der Waals surface area contributed by atoms with Gasteiger partial charge in [-0.25, -0.2) is 0 Å². The second-order valence-corrected chi connectivity index (χ2v) is 8.80. The zero-order valence-electron chi connectivity index (χ0n) is 17.6. The van der Waals surface area contributed by atoms with E-state index in [-0.39, 0.29) is 23.3 Å². The molecule has 1 unspecified atom stereocenters. The fourth-order valence-corrected chi connectivity index (χ4v) is 3.69. The first-order valence-corrected chi connectivity index (χ1v) is 10.3. The molecule has 0 spiro atoms. The molecule has 0 saturated carbocycles. The van der Waals surface area contributed by atoms with E-state index in [0.29, 0.717) is 11.3 Å². The number of anilines is 1. The summed E-state index contributed by atoms with van der Waals surface area (Å²) in [5, 5.41) is 5.97. The number of piperidine rings is 1. The predicted octanol–water partition coefficient (Wildman–Crippen LogP) is 4.07. The number of amides is 2. The molecule has 1 heterocycles. The van der Waals surface area contributed by atoms with E-state index in [9.17, 15) is 9.59 Å². The topological polar surface area (TPSA) is 61.4 Å². The van der Waals surface area contributed by atoms with E-state index in [4.69, 9.17) is 0 Å². The molecule has 0 bridgehead atoms. The summed E-state index contributed by atoms with van der Waals surface area (Å²) in [6.07, 6.45) is 1.87. The molecule has 5 nitrogen and oxygen atoms in total. The summed E-state index contributed by atoms with van der Waals surface area (Å²) in [5.41, 5.74) is 1.99. The lowest BCUT2D eigenvalue weighted by Crippen LogP contribution is -2.42. The smallest absolute Gasteiger partial charge is 0.253 e. The van der Waals surface area contributed by atoms with E-state index in [1.54, 1.807) is 12.1 Å². The van der Waals surface area contributed by atoms with Gasteiger partial charge in [-0.05, 0) is 57.9 Å². The Bertz CT molecular complexity index is 843. The van der Waals surface area contributed by atoms with Crippen molar-refractivity contribution in [1.82, 2.24) is 10.2 Å². The minimum absolute atomic E-state index is 0.0150. The first-order valence-electron chi connectivity index (χ1n) is 10.3. The Morgan fingerprint density at radius 3 is 2.45 bits per heavy atom. The average molecular weight is 394 g/mol. The number of hydrogen-bond acceptors (Lipinski definition) is 3. The van der Waals surface area contributed by atoms with Crippen molar-refractivity contribution in [2.75, 3.05) is 18.4 Å². The average Bonchev–Trinajstić information content (AvgIpc) is 2.68. The summed E-state index contributed by atoms with van der Waals surface area (Å²) in [4.78, 5) is 27.9. The van der Waals surface area contributed by atoms with Crippen LogP contribution in [0.15, 0.2) is 54.6 Å². The molecule has 1 atom stereocenters. The van der Waals surface area contributed by atoms with Crippen molar-refractivity contribution >= 4 is 17.5 Å². The molecule has 1 aliphatic rings. The third-order valence-electron chi connectivity index (χ3n) is 5.04. The maximum absolute atomic E-state index is 13.0. The molecule has 0 aromatic heterocycles. The summed E-state index contributed by atoms with van der Waals surface area (Å²) in [5.74, 6) is -0.271. The number of carbonyl (C=O) groups excluding carboxylic acids is 2. The van der Waals surface area contributed by atoms with E-state index in [0.717, 1.165) is 32.5 Å². The molecule has 2 aromatic carbocycles. The first-order chi connectivity index (χ1) is 13.8. The molecule has 2 aromatic rings. The number of likely N-dealkylation sites (tertiary alicyclic amines) is 1. The quantitative estimate of drug-likeness (QED) is 0.805. The number of carbonyl (C=O) groups is 2. The molecule has 0 aliphatic carbocycles. The molecule has 1 aliphatic heterocycles. The van der Waals surface area contributed by atoms with E-state index < -0.39 is 0 Å². The van der Waals surface area contributed by atoms with Crippen LogP contribution in [0.25, 0.3) is 0 Å². The van der Waals surface area contributed by atoms with Crippen LogP contribution in [0.4, 0.5) is 5.69 Å². The molecular formula is C24H31N3O2. The summed E-state index contributed by atoms with van der Waals surface area (Å²) < 4.78 is 0. The van der Waals surface area contributed by atoms with Crippen LogP contribution < -0.4 is 10.6 Å². The highest BCUT2D eigenvalue weighted by molar-refractivity contribution is 6.04. The highest BCUT2D eigenvalue weighted by atomic mass is 16.2. The minimum atomic E-state index is -0.338. The highest BCUT2D eigenvalue weighted by Crippen LogP contribution is 2.22. The van der Waals surface area contributed by atoms with Crippen molar-refractivity contribution in [1.29, 1.82) is 0 Å². The Morgan fingerprint density at radius 2 is 1.72 bits per heavy atom. The molecule has 1 saturated heterocycles. The maximum Gasteiger partial charge on any atom is 0.253 e. The lowest BCUT2D eigenvalue weighted by atomic mass is 9.96. The summed E-state index contributed by atoms with van der Waals surface area (Å²) in [7, 11) is 0. The van der Waals surface area contributed by atoms with Gasteiger partial charge in [0.05, 0.1) is 17.2 Å². The lowest BCUT2D eigenvalue weighted by Gasteiger charge is -2.32. The van der Waals surface area contributed by atoms with Gasteiger partial charge in [-0.1, -0.05) is 42.5 Å². The number of nitrogens with zero attached hydrogens (tertiary/aromatic N) is 1. The molecule has 2 N–H and O–H groups in total. The number of benzene rings is 2. The third kappa shape index (κ3) is 6.16. The zero-order valence-corrected chi connectivity index (χ0v) is 17.6. The Labute approximate surface area is 173 Å². The molecule has 3 rings (SSSR count). The summed E-state index contributed by atoms with van der Waals surface area (Å²) >= 11 is 0. The van der Waals surface area contributed by atoms with Gasteiger partial charge in [0.15, 0.2) is 0 Å². The normalized spacial score (nSPS) is 17.6. The van der Waals surface area contributed by atoms with Gasteiger partial charge < -0.3 is 10.6 Å². The first kappa shape index (κ1) is 21.1. The minimum Gasteiger partial charge on any atom is -0.347 e. The van der Waals surface area contributed by atoms with E-state index in [1.165, 1.54) is 5.56 Å². The summed E-state index contributed by atoms with van der Waals surface area (Å²) in [6.45, 7) is 8.41. The fourth-order valence-electron chi connectivity index (χ4n) is 3.69. The van der Waals surface area contributed by atoms with Gasteiger partial charge in [0.25, 0.3) is 5.91 Å². The van der Waals surface area contributed by atoms with Crippen molar-refractivity contribution in [3.63, 3.8) is 0 Å². The van der Waals surface area contributed by atoms with Crippen LogP contribution in [0.1, 0.15) is 49.5 Å². The molecule has 5 heteroatoms. The number of hydrogen-bond donors (Lipinski definition) is 2. The van der Waals surface area contributed by atoms with E-state index in [2.05, 4.69) is 27.7 Å². The fraction of sp³-hybridized carbons (Fsp3) is 0.417. The Morgan fingerprint density at radius 1 is 1.03 bits per heavy atom. The second-order valence-electron chi connectivity index (χ2n) is 8.80. The summed E-state index contributed by atoms with van der Waals surface area (Å²) in [6, 6.07) is 17.5. The third-order valence-corrected chi connectivity index (χ3v) is 5.04. The van der Waals surface area contributed by atoms with Gasteiger partial charge in [-0.15, -0.1) is 0 Å². The van der Waals surface area contributed by atoms with Gasteiger partial charge in [-0.2, -0.15) is 0 Å². The van der Waals surface area contributed by atoms with E-state index >= 15 is 0 Å². The largest absolute Gasteiger partial charge is 0.347 e. The predicted molar refractivity (Wildman–Crippen MR) is 117 cm³/mol. The van der Waals surface area contributed by atoms with Crippen molar-refractivity contribution in [3.05, 3.63) is 65.7 Å². The molecular weight excluding hydrogens is 362 g/mol. The molecule has 154 valence electrons. The molecule has 1 fully saturated rings. The molecule has 2 amide bonds. The van der Waals surface area contributed by atoms with Crippen LogP contribution >= 0.6 is 0 Å². The zero-order chi connectivity index (χ0) is 20.9. The van der Waals surface area contributed by atoms with Crippen LogP contribution in [0.3, 0.4) is 0 Å². The van der Waals surface area contributed by atoms with Crippen LogP contribution in [0.2, 0.25) is 0 Å². The number of rotatable bonds is 5. The number of para-hydroxylation sites is 1.